The summed E-state index contributed by atoms with van der Waals surface area (Å²) in [4.78, 5) is 23.3. The highest BCUT2D eigenvalue weighted by atomic mass is 32.2. The van der Waals surface area contributed by atoms with Crippen molar-refractivity contribution >= 4 is 27.6 Å². The largest absolute Gasteiger partial charge is 0.480 e. The maximum atomic E-state index is 12.2. The Bertz CT molecular complexity index is 767. The van der Waals surface area contributed by atoms with E-state index in [-0.39, 0.29) is 0 Å². The summed E-state index contributed by atoms with van der Waals surface area (Å²) in [5, 5.41) is 11.6. The summed E-state index contributed by atoms with van der Waals surface area (Å²) in [5.41, 5.74) is 0.577. The first kappa shape index (κ1) is 14.8. The van der Waals surface area contributed by atoms with Gasteiger partial charge >= 0.3 is 5.97 Å². The first-order valence-electron chi connectivity index (χ1n) is 6.89. The van der Waals surface area contributed by atoms with Crippen molar-refractivity contribution in [2.75, 3.05) is 17.1 Å². The number of sulfonamides is 1. The summed E-state index contributed by atoms with van der Waals surface area (Å²) in [7, 11) is -3.32. The first-order chi connectivity index (χ1) is 10.2. The van der Waals surface area contributed by atoms with Crippen molar-refractivity contribution in [1.29, 1.82) is 0 Å². The van der Waals surface area contributed by atoms with E-state index in [1.165, 1.54) is 10.4 Å². The number of anilines is 1. The summed E-state index contributed by atoms with van der Waals surface area (Å²) in [6.07, 6.45) is 2.54. The van der Waals surface area contributed by atoms with Gasteiger partial charge in [-0.2, -0.15) is 0 Å². The van der Waals surface area contributed by atoms with E-state index < -0.39 is 27.4 Å². The van der Waals surface area contributed by atoms with Crippen molar-refractivity contribution < 1.29 is 23.1 Å². The molecule has 1 aliphatic heterocycles. The van der Waals surface area contributed by atoms with Crippen molar-refractivity contribution in [2.45, 2.75) is 24.8 Å². The molecule has 1 amide bonds. The second-order valence-electron chi connectivity index (χ2n) is 5.77. The van der Waals surface area contributed by atoms with Crippen LogP contribution in [0.15, 0.2) is 18.2 Å². The summed E-state index contributed by atoms with van der Waals surface area (Å²) in [5.74, 6) is -1.47. The molecular formula is C14H16N2O5S. The number of fused-ring (bicyclic) bond motifs is 1. The van der Waals surface area contributed by atoms with Gasteiger partial charge in [-0.25, -0.2) is 13.2 Å². The van der Waals surface area contributed by atoms with Gasteiger partial charge in [-0.15, -0.1) is 0 Å². The maximum absolute atomic E-state index is 12.2. The highest BCUT2D eigenvalue weighted by Crippen LogP contribution is 2.36. The Hall–Kier alpha value is -2.09. The van der Waals surface area contributed by atoms with Gasteiger partial charge in [-0.3, -0.25) is 9.10 Å². The maximum Gasteiger partial charge on any atom is 0.329 e. The molecule has 0 radical (unpaired) electrons. The quantitative estimate of drug-likeness (QED) is 0.832. The minimum Gasteiger partial charge on any atom is -0.480 e. The molecule has 1 aromatic rings. The second kappa shape index (κ2) is 4.70. The van der Waals surface area contributed by atoms with Gasteiger partial charge in [0.2, 0.25) is 10.0 Å². The molecule has 0 aromatic heterocycles. The van der Waals surface area contributed by atoms with E-state index >= 15 is 0 Å². The molecule has 0 bridgehead atoms. The van der Waals surface area contributed by atoms with Crippen LogP contribution >= 0.6 is 0 Å². The van der Waals surface area contributed by atoms with Gasteiger partial charge in [0, 0.05) is 12.1 Å². The molecular weight excluding hydrogens is 308 g/mol. The Morgan fingerprint density at radius 3 is 2.55 bits per heavy atom. The van der Waals surface area contributed by atoms with Crippen LogP contribution in [0.1, 0.15) is 28.8 Å². The van der Waals surface area contributed by atoms with Crippen molar-refractivity contribution in [2.24, 2.45) is 0 Å². The number of benzene rings is 1. The highest BCUT2D eigenvalue weighted by Gasteiger charge is 2.51. The average Bonchev–Trinajstić information content (AvgIpc) is 3.08. The zero-order valence-electron chi connectivity index (χ0n) is 12.0. The number of rotatable bonds is 4. The molecule has 3 rings (SSSR count). The van der Waals surface area contributed by atoms with Crippen LogP contribution in [-0.2, 0) is 21.2 Å². The molecule has 8 heteroatoms. The molecule has 7 nitrogen and oxygen atoms in total. The number of amides is 1. The van der Waals surface area contributed by atoms with Crippen LogP contribution in [-0.4, -0.2) is 43.7 Å². The van der Waals surface area contributed by atoms with E-state index in [0.717, 1.165) is 11.8 Å². The fourth-order valence-corrected chi connectivity index (χ4v) is 3.62. The molecule has 2 N–H and O–H groups in total. The monoisotopic (exact) mass is 324 g/mol. The van der Waals surface area contributed by atoms with Gasteiger partial charge in [-0.1, -0.05) is 0 Å². The Kier molecular flexibility index (Phi) is 3.17. The number of hydrogen-bond acceptors (Lipinski definition) is 4. The van der Waals surface area contributed by atoms with Crippen LogP contribution in [0.5, 0.6) is 0 Å². The third-order valence-electron chi connectivity index (χ3n) is 4.11. The predicted molar refractivity (Wildman–Crippen MR) is 79.4 cm³/mol. The standard InChI is InChI=1S/C14H16N2O5S/c1-22(20,21)16-7-4-9-8-10(2-3-11(9)16)12(17)15-14(5-6-14)13(18)19/h2-3,8H,4-7H2,1H3,(H,15,17)(H,18,19). The van der Waals surface area contributed by atoms with Crippen LogP contribution in [0.4, 0.5) is 5.69 Å². The Labute approximate surface area is 128 Å². The highest BCUT2D eigenvalue weighted by molar-refractivity contribution is 7.92. The summed E-state index contributed by atoms with van der Waals surface area (Å²) >= 11 is 0. The van der Waals surface area contributed by atoms with E-state index in [9.17, 15) is 18.0 Å². The molecule has 1 aromatic carbocycles. The van der Waals surface area contributed by atoms with Gasteiger partial charge in [0.15, 0.2) is 0 Å². The van der Waals surface area contributed by atoms with E-state index in [4.69, 9.17) is 5.11 Å². The second-order valence-corrected chi connectivity index (χ2v) is 7.68. The number of carboxylic acids is 1. The molecule has 0 saturated heterocycles. The molecule has 1 aliphatic carbocycles. The van der Waals surface area contributed by atoms with E-state index in [1.54, 1.807) is 12.1 Å². The lowest BCUT2D eigenvalue weighted by atomic mass is 10.1. The van der Waals surface area contributed by atoms with E-state index in [0.29, 0.717) is 37.1 Å². The van der Waals surface area contributed by atoms with Crippen LogP contribution < -0.4 is 9.62 Å². The van der Waals surface area contributed by atoms with Gasteiger partial charge in [0.25, 0.3) is 5.91 Å². The van der Waals surface area contributed by atoms with Gasteiger partial charge in [0.1, 0.15) is 5.54 Å². The van der Waals surface area contributed by atoms with Crippen molar-refractivity contribution in [3.05, 3.63) is 29.3 Å². The van der Waals surface area contributed by atoms with Crippen LogP contribution in [0.2, 0.25) is 0 Å². The minimum absolute atomic E-state index is 0.349. The van der Waals surface area contributed by atoms with Gasteiger partial charge in [0.05, 0.1) is 11.9 Å². The number of carboxylic acid groups (broad SMARTS) is 1. The van der Waals surface area contributed by atoms with Crippen molar-refractivity contribution in [1.82, 2.24) is 5.32 Å². The number of carbonyl (C=O) groups excluding carboxylic acids is 1. The topological polar surface area (TPSA) is 104 Å². The SMILES string of the molecule is CS(=O)(=O)N1CCc2cc(C(=O)NC3(C(=O)O)CC3)ccc21. The molecule has 1 saturated carbocycles. The van der Waals surface area contributed by atoms with Crippen LogP contribution in [0.3, 0.4) is 0 Å². The van der Waals surface area contributed by atoms with Crippen LogP contribution in [0, 0.1) is 0 Å². The molecule has 2 aliphatic rings. The minimum atomic E-state index is -3.32. The lowest BCUT2D eigenvalue weighted by Crippen LogP contribution is -2.43. The number of carbonyl (C=O) groups is 2. The lowest BCUT2D eigenvalue weighted by molar-refractivity contribution is -0.140. The third kappa shape index (κ3) is 2.43. The number of nitrogens with zero attached hydrogens (tertiary/aromatic N) is 1. The number of nitrogens with one attached hydrogen (secondary N) is 1. The van der Waals surface area contributed by atoms with E-state index in [2.05, 4.69) is 5.32 Å². The fourth-order valence-electron chi connectivity index (χ4n) is 2.66. The summed E-state index contributed by atoms with van der Waals surface area (Å²) < 4.78 is 24.6. The lowest BCUT2D eigenvalue weighted by Gasteiger charge is -2.17. The fraction of sp³-hybridized carbons (Fsp3) is 0.429. The smallest absolute Gasteiger partial charge is 0.329 e. The zero-order chi connectivity index (χ0) is 16.1. The molecule has 0 unspecified atom stereocenters. The normalized spacial score (nSPS) is 18.7. The van der Waals surface area contributed by atoms with Gasteiger partial charge in [-0.05, 0) is 43.0 Å². The van der Waals surface area contributed by atoms with Gasteiger partial charge < -0.3 is 10.4 Å². The molecule has 0 spiro atoms. The molecule has 1 heterocycles. The molecule has 22 heavy (non-hydrogen) atoms. The third-order valence-corrected chi connectivity index (χ3v) is 5.29. The number of aliphatic carboxylic acids is 1. The number of hydrogen-bond donors (Lipinski definition) is 2. The van der Waals surface area contributed by atoms with Crippen LogP contribution in [0.25, 0.3) is 0 Å². The summed E-state index contributed by atoms with van der Waals surface area (Å²) in [6, 6.07) is 4.75. The average molecular weight is 324 g/mol. The Morgan fingerprint density at radius 1 is 1.32 bits per heavy atom. The zero-order valence-corrected chi connectivity index (χ0v) is 12.8. The Morgan fingerprint density at radius 2 is 2.00 bits per heavy atom. The Balaban J connectivity index is 1.83. The predicted octanol–water partition coefficient (Wildman–Crippen LogP) is 0.356. The molecule has 0 atom stereocenters. The molecule has 118 valence electrons. The molecule has 1 fully saturated rings. The van der Waals surface area contributed by atoms with Crippen molar-refractivity contribution in [3.8, 4) is 0 Å². The summed E-state index contributed by atoms with van der Waals surface area (Å²) in [6.45, 7) is 0.359. The van der Waals surface area contributed by atoms with E-state index in [1.807, 2.05) is 0 Å². The van der Waals surface area contributed by atoms with Crippen molar-refractivity contribution in [3.63, 3.8) is 0 Å². The first-order valence-corrected chi connectivity index (χ1v) is 8.74.